The Bertz CT molecular complexity index is 2180. The van der Waals surface area contributed by atoms with Crippen molar-refractivity contribution in [1.82, 2.24) is 28.6 Å². The maximum atomic E-state index is 6.59. The van der Waals surface area contributed by atoms with E-state index in [1.54, 1.807) is 0 Å². The molecule has 284 valence electrons. The monoisotopic (exact) mass is 734 g/mol. The van der Waals surface area contributed by atoms with Crippen molar-refractivity contribution in [3.63, 3.8) is 0 Å². The van der Waals surface area contributed by atoms with E-state index in [9.17, 15) is 0 Å². The SMILES string of the molecule is C.c1cn2cc(-c3ccc4c(c3)C[C@@]3(CCN5CCCC[C@@H]5C3)O4)ccc2n1.c1cn2cc(-c3ccc4c(c3)C[C@]3(CCN5CCCC[C@H]5C3)O4)ccc2n1. The number of benzene rings is 2. The summed E-state index contributed by atoms with van der Waals surface area (Å²) in [6.07, 6.45) is 27.0. The molecule has 4 saturated heterocycles. The third kappa shape index (κ3) is 6.41. The molecule has 4 atom stereocenters. The Hall–Kier alpha value is -4.66. The van der Waals surface area contributed by atoms with Crippen LogP contribution >= 0.6 is 0 Å². The first-order valence-electron chi connectivity index (χ1n) is 20.5. The molecular formula is C47H54N6O2. The molecule has 2 aromatic carbocycles. The molecule has 0 bridgehead atoms. The lowest BCUT2D eigenvalue weighted by molar-refractivity contribution is -0.0252. The van der Waals surface area contributed by atoms with E-state index < -0.39 is 0 Å². The van der Waals surface area contributed by atoms with Crippen LogP contribution < -0.4 is 9.47 Å². The smallest absolute Gasteiger partial charge is 0.136 e. The Morgan fingerprint density at radius 2 is 1.02 bits per heavy atom. The summed E-state index contributed by atoms with van der Waals surface area (Å²) in [5.74, 6) is 2.21. The second kappa shape index (κ2) is 13.8. The fraction of sp³-hybridized carbons (Fsp3) is 0.447. The third-order valence-corrected chi connectivity index (χ3v) is 13.7. The first kappa shape index (κ1) is 34.8. The summed E-state index contributed by atoms with van der Waals surface area (Å²) < 4.78 is 17.3. The maximum Gasteiger partial charge on any atom is 0.136 e. The molecule has 0 unspecified atom stereocenters. The number of hydrogen-bond donors (Lipinski definition) is 0. The van der Waals surface area contributed by atoms with Crippen molar-refractivity contribution < 1.29 is 9.47 Å². The molecular weight excluding hydrogens is 681 g/mol. The van der Waals surface area contributed by atoms with E-state index in [0.717, 1.165) is 60.6 Å². The van der Waals surface area contributed by atoms with Crippen LogP contribution in [0.3, 0.4) is 0 Å². The minimum Gasteiger partial charge on any atom is -0.487 e. The van der Waals surface area contributed by atoms with Gasteiger partial charge >= 0.3 is 0 Å². The highest BCUT2D eigenvalue weighted by Crippen LogP contribution is 2.47. The van der Waals surface area contributed by atoms with Crippen LogP contribution in [0.2, 0.25) is 0 Å². The van der Waals surface area contributed by atoms with Gasteiger partial charge in [-0.1, -0.05) is 32.4 Å². The highest BCUT2D eigenvalue weighted by Gasteiger charge is 2.47. The van der Waals surface area contributed by atoms with Gasteiger partial charge < -0.3 is 28.1 Å². The molecule has 4 aromatic heterocycles. The van der Waals surface area contributed by atoms with Gasteiger partial charge in [-0.05, 0) is 121 Å². The molecule has 10 heterocycles. The average molecular weight is 735 g/mol. The maximum absolute atomic E-state index is 6.59. The summed E-state index contributed by atoms with van der Waals surface area (Å²) in [4.78, 5) is 14.1. The highest BCUT2D eigenvalue weighted by molar-refractivity contribution is 5.68. The Labute approximate surface area is 325 Å². The first-order chi connectivity index (χ1) is 26.6. The number of nitrogens with zero attached hydrogens (tertiary/aromatic N) is 6. The molecule has 6 aliphatic rings. The van der Waals surface area contributed by atoms with E-state index in [4.69, 9.17) is 9.47 Å². The van der Waals surface area contributed by atoms with Gasteiger partial charge in [0, 0.05) is 101 Å². The number of fused-ring (bicyclic) bond motifs is 6. The zero-order chi connectivity index (χ0) is 35.7. The summed E-state index contributed by atoms with van der Waals surface area (Å²) in [6, 6.07) is 23.4. The summed E-state index contributed by atoms with van der Waals surface area (Å²) in [6.45, 7) is 4.97. The van der Waals surface area contributed by atoms with Crippen molar-refractivity contribution in [3.8, 4) is 33.8 Å². The van der Waals surface area contributed by atoms with Gasteiger partial charge in [0.05, 0.1) is 0 Å². The predicted octanol–water partition coefficient (Wildman–Crippen LogP) is 9.28. The topological polar surface area (TPSA) is 59.5 Å². The van der Waals surface area contributed by atoms with Crippen LogP contribution in [-0.2, 0) is 12.8 Å². The van der Waals surface area contributed by atoms with Crippen LogP contribution in [0.5, 0.6) is 11.5 Å². The second-order valence-corrected chi connectivity index (χ2v) is 17.1. The van der Waals surface area contributed by atoms with E-state index in [1.807, 2.05) is 24.8 Å². The van der Waals surface area contributed by atoms with Crippen molar-refractivity contribution in [2.24, 2.45) is 0 Å². The predicted molar refractivity (Wildman–Crippen MR) is 219 cm³/mol. The second-order valence-electron chi connectivity index (χ2n) is 17.1. The lowest BCUT2D eigenvalue weighted by Crippen LogP contribution is -2.54. The average Bonchev–Trinajstić information content (AvgIpc) is 4.01. The number of imidazole rings is 2. The summed E-state index contributed by atoms with van der Waals surface area (Å²) in [5, 5.41) is 0. The molecule has 2 spiro atoms. The molecule has 0 amide bonds. The summed E-state index contributed by atoms with van der Waals surface area (Å²) >= 11 is 0. The van der Waals surface area contributed by atoms with Crippen molar-refractivity contribution in [2.45, 2.75) is 108 Å². The van der Waals surface area contributed by atoms with E-state index in [0.29, 0.717) is 0 Å². The quantitative estimate of drug-likeness (QED) is 0.177. The molecule has 0 aliphatic carbocycles. The number of rotatable bonds is 2. The number of piperidine rings is 4. The fourth-order valence-corrected chi connectivity index (χ4v) is 10.8. The zero-order valence-corrected chi connectivity index (χ0v) is 31.2. The van der Waals surface area contributed by atoms with Crippen LogP contribution in [0.1, 0.15) is 82.8 Å². The van der Waals surface area contributed by atoms with E-state index in [2.05, 4.69) is 102 Å². The first-order valence-corrected chi connectivity index (χ1v) is 20.5. The Morgan fingerprint density at radius 3 is 1.51 bits per heavy atom. The third-order valence-electron chi connectivity index (χ3n) is 13.7. The van der Waals surface area contributed by atoms with Crippen molar-refractivity contribution >= 4 is 11.3 Å². The van der Waals surface area contributed by atoms with E-state index in [-0.39, 0.29) is 18.6 Å². The molecule has 0 N–H and O–H groups in total. The molecule has 8 heteroatoms. The van der Waals surface area contributed by atoms with Gasteiger partial charge in [-0.3, -0.25) is 0 Å². The minimum absolute atomic E-state index is 0. The van der Waals surface area contributed by atoms with Gasteiger partial charge in [0.1, 0.15) is 34.0 Å². The van der Waals surface area contributed by atoms with Gasteiger partial charge in [0.15, 0.2) is 0 Å². The van der Waals surface area contributed by atoms with Crippen molar-refractivity contribution in [2.75, 3.05) is 26.2 Å². The number of ether oxygens (including phenoxy) is 2. The van der Waals surface area contributed by atoms with Gasteiger partial charge in [-0.25, -0.2) is 9.97 Å². The summed E-state index contributed by atoms with van der Waals surface area (Å²) in [5.41, 5.74) is 9.78. The van der Waals surface area contributed by atoms with Crippen molar-refractivity contribution in [3.05, 3.63) is 109 Å². The summed E-state index contributed by atoms with van der Waals surface area (Å²) in [7, 11) is 0. The van der Waals surface area contributed by atoms with Crippen LogP contribution in [0, 0.1) is 0 Å². The Morgan fingerprint density at radius 1 is 0.545 bits per heavy atom. The Kier molecular flexibility index (Phi) is 8.74. The van der Waals surface area contributed by atoms with Crippen molar-refractivity contribution in [1.29, 1.82) is 0 Å². The van der Waals surface area contributed by atoms with Gasteiger partial charge in [-0.15, -0.1) is 0 Å². The normalized spacial score (nSPS) is 27.0. The molecule has 6 aromatic rings. The van der Waals surface area contributed by atoms with Crippen LogP contribution in [0.25, 0.3) is 33.5 Å². The van der Waals surface area contributed by atoms with Crippen LogP contribution in [0.15, 0.2) is 97.8 Å². The fourth-order valence-electron chi connectivity index (χ4n) is 10.8. The Balaban J connectivity index is 0.000000133. The number of hydrogen-bond acceptors (Lipinski definition) is 6. The van der Waals surface area contributed by atoms with Gasteiger partial charge in [0.2, 0.25) is 0 Å². The zero-order valence-electron chi connectivity index (χ0n) is 31.2. The molecule has 8 nitrogen and oxygen atoms in total. The standard InChI is InChI=1S/2C23H25N3O.CH4/c2*1-2-10-25-11-8-23(15-20(25)3-1)14-19-13-17(4-6-21(19)27-23)18-5-7-22-24-9-12-26(22)16-18;/h2*4-7,9,12-13,16,20H,1-3,8,10-11,14-15H2;1H4/t2*20-,23-;/m10./s1. The lowest BCUT2D eigenvalue weighted by atomic mass is 9.80. The van der Waals surface area contributed by atoms with Gasteiger partial charge in [-0.2, -0.15) is 0 Å². The molecule has 55 heavy (non-hydrogen) atoms. The van der Waals surface area contributed by atoms with E-state index in [1.165, 1.54) is 111 Å². The number of pyridine rings is 2. The molecule has 0 saturated carbocycles. The molecule has 0 radical (unpaired) electrons. The molecule has 12 rings (SSSR count). The van der Waals surface area contributed by atoms with E-state index >= 15 is 0 Å². The largest absolute Gasteiger partial charge is 0.487 e. The highest BCUT2D eigenvalue weighted by atomic mass is 16.5. The van der Waals surface area contributed by atoms with Crippen LogP contribution in [-0.4, -0.2) is 78.0 Å². The lowest BCUT2D eigenvalue weighted by Gasteiger charge is -2.46. The van der Waals surface area contributed by atoms with Gasteiger partial charge in [0.25, 0.3) is 0 Å². The molecule has 6 aliphatic heterocycles. The molecule has 4 fully saturated rings. The minimum atomic E-state index is 0. The van der Waals surface area contributed by atoms with Crippen LogP contribution in [0.4, 0.5) is 0 Å². The number of aromatic nitrogens is 4.